The lowest BCUT2D eigenvalue weighted by Crippen LogP contribution is -2.33. The van der Waals surface area contributed by atoms with Gasteiger partial charge in [-0.2, -0.15) is 0 Å². The average Bonchev–Trinajstić information content (AvgIpc) is 3.01. The number of thiol groups is 1. The lowest BCUT2D eigenvalue weighted by atomic mass is 10.3. The van der Waals surface area contributed by atoms with Crippen LogP contribution in [0.4, 0.5) is 0 Å². The van der Waals surface area contributed by atoms with Gasteiger partial charge < -0.3 is 4.90 Å². The van der Waals surface area contributed by atoms with E-state index in [4.69, 9.17) is 0 Å². The monoisotopic (exact) mass is 255 g/mol. The Bertz CT molecular complexity index is 371. The van der Waals surface area contributed by atoms with Crippen LogP contribution >= 0.6 is 24.0 Å². The van der Waals surface area contributed by atoms with Crippen molar-refractivity contribution < 1.29 is 4.79 Å². The van der Waals surface area contributed by atoms with Crippen molar-refractivity contribution >= 4 is 29.9 Å². The maximum Gasteiger partial charge on any atom is 0.264 e. The highest BCUT2D eigenvalue weighted by Crippen LogP contribution is 2.30. The standard InChI is InChI=1S/C12H17NOS2/c1-2-3-6-13(9-4-5-9)12(14)11-7-10(15)8-16-11/h7-9,15H,2-6H2,1H3. The molecule has 4 heteroatoms. The molecular weight excluding hydrogens is 238 g/mol. The Morgan fingerprint density at radius 3 is 2.88 bits per heavy atom. The summed E-state index contributed by atoms with van der Waals surface area (Å²) in [4.78, 5) is 16.0. The summed E-state index contributed by atoms with van der Waals surface area (Å²) < 4.78 is 0. The molecule has 1 aliphatic rings. The van der Waals surface area contributed by atoms with Crippen molar-refractivity contribution in [2.45, 2.75) is 43.5 Å². The van der Waals surface area contributed by atoms with Crippen molar-refractivity contribution in [3.05, 3.63) is 16.3 Å². The number of hydrogen-bond acceptors (Lipinski definition) is 3. The molecule has 0 bridgehead atoms. The molecule has 2 rings (SSSR count). The number of hydrogen-bond donors (Lipinski definition) is 1. The van der Waals surface area contributed by atoms with Gasteiger partial charge in [-0.1, -0.05) is 13.3 Å². The van der Waals surface area contributed by atoms with Crippen molar-refractivity contribution in [2.24, 2.45) is 0 Å². The summed E-state index contributed by atoms with van der Waals surface area (Å²) >= 11 is 5.74. The van der Waals surface area contributed by atoms with Gasteiger partial charge >= 0.3 is 0 Å². The van der Waals surface area contributed by atoms with E-state index in [1.54, 1.807) is 0 Å². The van der Waals surface area contributed by atoms with Crippen LogP contribution in [-0.4, -0.2) is 23.4 Å². The van der Waals surface area contributed by atoms with E-state index < -0.39 is 0 Å². The zero-order valence-corrected chi connectivity index (χ0v) is 11.2. The van der Waals surface area contributed by atoms with Crippen LogP contribution in [0, 0.1) is 0 Å². The molecule has 1 aliphatic carbocycles. The predicted molar refractivity (Wildman–Crippen MR) is 70.5 cm³/mol. The molecule has 0 spiro atoms. The van der Waals surface area contributed by atoms with Gasteiger partial charge in [0.2, 0.25) is 0 Å². The number of thiophene rings is 1. The van der Waals surface area contributed by atoms with Crippen LogP contribution in [0.2, 0.25) is 0 Å². The van der Waals surface area contributed by atoms with Crippen LogP contribution in [0.3, 0.4) is 0 Å². The lowest BCUT2D eigenvalue weighted by molar-refractivity contribution is 0.0745. The van der Waals surface area contributed by atoms with E-state index in [2.05, 4.69) is 19.6 Å². The summed E-state index contributed by atoms with van der Waals surface area (Å²) in [5.41, 5.74) is 0. The normalized spacial score (nSPS) is 15.1. The molecule has 2 nitrogen and oxygen atoms in total. The fourth-order valence-electron chi connectivity index (χ4n) is 1.74. The van der Waals surface area contributed by atoms with Gasteiger partial charge in [0.15, 0.2) is 0 Å². The zero-order valence-electron chi connectivity index (χ0n) is 9.48. The number of amides is 1. The largest absolute Gasteiger partial charge is 0.335 e. The van der Waals surface area contributed by atoms with Crippen molar-refractivity contribution in [2.75, 3.05) is 6.54 Å². The fraction of sp³-hybridized carbons (Fsp3) is 0.583. The topological polar surface area (TPSA) is 20.3 Å². The smallest absolute Gasteiger partial charge is 0.264 e. The molecule has 0 unspecified atom stereocenters. The van der Waals surface area contributed by atoms with Crippen molar-refractivity contribution in [1.82, 2.24) is 4.90 Å². The molecule has 1 aromatic heterocycles. The molecule has 1 fully saturated rings. The minimum Gasteiger partial charge on any atom is -0.335 e. The molecular formula is C12H17NOS2. The first-order valence-electron chi connectivity index (χ1n) is 5.81. The third-order valence-electron chi connectivity index (χ3n) is 2.80. The van der Waals surface area contributed by atoms with Gasteiger partial charge in [0.25, 0.3) is 5.91 Å². The summed E-state index contributed by atoms with van der Waals surface area (Å²) in [6.45, 7) is 3.06. The van der Waals surface area contributed by atoms with Crippen LogP contribution < -0.4 is 0 Å². The number of nitrogens with zero attached hydrogens (tertiary/aromatic N) is 1. The summed E-state index contributed by atoms with van der Waals surface area (Å²) in [6.07, 6.45) is 4.59. The van der Waals surface area contributed by atoms with Crippen molar-refractivity contribution in [1.29, 1.82) is 0 Å². The third-order valence-corrected chi connectivity index (χ3v) is 4.15. The first-order chi connectivity index (χ1) is 7.72. The number of rotatable bonds is 5. The second-order valence-electron chi connectivity index (χ2n) is 4.25. The molecule has 88 valence electrons. The van der Waals surface area contributed by atoms with Gasteiger partial charge in [0, 0.05) is 22.9 Å². The molecule has 0 atom stereocenters. The first-order valence-corrected chi connectivity index (χ1v) is 7.13. The van der Waals surface area contributed by atoms with E-state index in [1.165, 1.54) is 24.2 Å². The Balaban J connectivity index is 2.04. The van der Waals surface area contributed by atoms with Gasteiger partial charge in [0.05, 0.1) is 4.88 Å². The molecule has 0 aliphatic heterocycles. The van der Waals surface area contributed by atoms with Crippen molar-refractivity contribution in [3.8, 4) is 0 Å². The minimum atomic E-state index is 0.196. The van der Waals surface area contributed by atoms with Gasteiger partial charge in [-0.15, -0.1) is 24.0 Å². The molecule has 1 saturated carbocycles. The maximum absolute atomic E-state index is 12.2. The molecule has 16 heavy (non-hydrogen) atoms. The van der Waals surface area contributed by atoms with E-state index >= 15 is 0 Å². The highest BCUT2D eigenvalue weighted by Gasteiger charge is 2.32. The summed E-state index contributed by atoms with van der Waals surface area (Å²) in [5, 5.41) is 1.92. The second-order valence-corrected chi connectivity index (χ2v) is 5.68. The van der Waals surface area contributed by atoms with Crippen LogP contribution in [0.15, 0.2) is 16.3 Å². The van der Waals surface area contributed by atoms with E-state index in [9.17, 15) is 4.79 Å². The molecule has 0 aromatic carbocycles. The number of unbranched alkanes of at least 4 members (excludes halogenated alkanes) is 1. The van der Waals surface area contributed by atoms with E-state index in [0.717, 1.165) is 29.2 Å². The van der Waals surface area contributed by atoms with E-state index in [-0.39, 0.29) is 5.91 Å². The van der Waals surface area contributed by atoms with Gasteiger partial charge in [0.1, 0.15) is 0 Å². The molecule has 1 heterocycles. The Morgan fingerprint density at radius 1 is 1.62 bits per heavy atom. The van der Waals surface area contributed by atoms with Crippen molar-refractivity contribution in [3.63, 3.8) is 0 Å². The highest BCUT2D eigenvalue weighted by atomic mass is 32.1. The first kappa shape index (κ1) is 12.0. The maximum atomic E-state index is 12.2. The van der Waals surface area contributed by atoms with E-state index in [1.807, 2.05) is 16.3 Å². The Morgan fingerprint density at radius 2 is 2.38 bits per heavy atom. The second kappa shape index (κ2) is 5.23. The molecule has 1 amide bonds. The van der Waals surface area contributed by atoms with Gasteiger partial charge in [-0.25, -0.2) is 0 Å². The quantitative estimate of drug-likeness (QED) is 0.799. The Kier molecular flexibility index (Phi) is 3.92. The third kappa shape index (κ3) is 2.80. The zero-order chi connectivity index (χ0) is 11.5. The van der Waals surface area contributed by atoms with Crippen LogP contribution in [-0.2, 0) is 0 Å². The summed E-state index contributed by atoms with van der Waals surface area (Å²) in [6, 6.07) is 2.38. The summed E-state index contributed by atoms with van der Waals surface area (Å²) in [7, 11) is 0. The minimum absolute atomic E-state index is 0.196. The molecule has 0 radical (unpaired) electrons. The average molecular weight is 255 g/mol. The highest BCUT2D eigenvalue weighted by molar-refractivity contribution is 7.80. The number of carbonyl (C=O) groups excluding carboxylic acids is 1. The SMILES string of the molecule is CCCCN(C(=O)c1cc(S)cs1)C1CC1. The number of carbonyl (C=O) groups is 1. The van der Waals surface area contributed by atoms with Crippen LogP contribution in [0.25, 0.3) is 0 Å². The molecule has 0 N–H and O–H groups in total. The van der Waals surface area contributed by atoms with Gasteiger partial charge in [-0.3, -0.25) is 4.79 Å². The van der Waals surface area contributed by atoms with Crippen LogP contribution in [0.5, 0.6) is 0 Å². The molecule has 0 saturated heterocycles. The summed E-state index contributed by atoms with van der Waals surface area (Å²) in [5.74, 6) is 0.196. The van der Waals surface area contributed by atoms with Crippen LogP contribution in [0.1, 0.15) is 42.3 Å². The van der Waals surface area contributed by atoms with E-state index in [0.29, 0.717) is 6.04 Å². The Labute approximate surface area is 106 Å². The van der Waals surface area contributed by atoms with Gasteiger partial charge in [-0.05, 0) is 25.3 Å². The Hall–Kier alpha value is -0.480. The lowest BCUT2D eigenvalue weighted by Gasteiger charge is -2.21. The molecule has 1 aromatic rings. The fourth-order valence-corrected chi connectivity index (χ4v) is 2.85. The predicted octanol–water partition coefficient (Wildman–Crippen LogP) is 3.44.